The van der Waals surface area contributed by atoms with Gasteiger partial charge in [-0.05, 0) is 43.2 Å². The van der Waals surface area contributed by atoms with Crippen molar-refractivity contribution in [2.45, 2.75) is 44.9 Å². The number of anilines is 1. The Morgan fingerprint density at radius 2 is 2.21 bits per heavy atom. The SMILES string of the molecule is NC(=S)c1cc2c(nc1NCCC1CCC1)CCC2. The molecule has 102 valence electrons. The molecule has 0 aliphatic heterocycles. The van der Waals surface area contributed by atoms with Crippen LogP contribution in [0.15, 0.2) is 6.07 Å². The Hall–Kier alpha value is -1.16. The highest BCUT2D eigenvalue weighted by molar-refractivity contribution is 7.80. The monoisotopic (exact) mass is 275 g/mol. The van der Waals surface area contributed by atoms with Gasteiger partial charge in [0, 0.05) is 12.2 Å². The third-order valence-corrected chi connectivity index (χ3v) is 4.61. The highest BCUT2D eigenvalue weighted by Crippen LogP contribution is 2.30. The summed E-state index contributed by atoms with van der Waals surface area (Å²) in [5.41, 5.74) is 9.30. The van der Waals surface area contributed by atoms with Crippen molar-refractivity contribution in [2.24, 2.45) is 11.7 Å². The van der Waals surface area contributed by atoms with Crippen molar-refractivity contribution in [3.05, 3.63) is 22.9 Å². The molecule has 0 radical (unpaired) electrons. The summed E-state index contributed by atoms with van der Waals surface area (Å²) >= 11 is 5.15. The second kappa shape index (κ2) is 5.45. The molecular weight excluding hydrogens is 254 g/mol. The number of hydrogen-bond donors (Lipinski definition) is 2. The molecule has 0 spiro atoms. The standard InChI is InChI=1S/C15H21N3S/c16-14(19)12-9-11-5-2-6-13(11)18-15(12)17-8-7-10-3-1-4-10/h9-10H,1-8H2,(H2,16,19)(H,17,18). The van der Waals surface area contributed by atoms with Crippen LogP contribution in [-0.2, 0) is 12.8 Å². The minimum absolute atomic E-state index is 0.452. The Balaban J connectivity index is 1.72. The zero-order valence-corrected chi connectivity index (χ0v) is 12.1. The molecule has 2 aliphatic carbocycles. The number of hydrogen-bond acceptors (Lipinski definition) is 3. The fraction of sp³-hybridized carbons (Fsp3) is 0.600. The maximum atomic E-state index is 5.83. The molecule has 0 unspecified atom stereocenters. The lowest BCUT2D eigenvalue weighted by atomic mass is 9.83. The maximum absolute atomic E-state index is 5.83. The van der Waals surface area contributed by atoms with E-state index in [2.05, 4.69) is 11.4 Å². The molecule has 1 aromatic rings. The van der Waals surface area contributed by atoms with Crippen LogP contribution in [-0.4, -0.2) is 16.5 Å². The molecule has 3 nitrogen and oxygen atoms in total. The zero-order chi connectivity index (χ0) is 13.2. The van der Waals surface area contributed by atoms with Gasteiger partial charge in [-0.1, -0.05) is 31.5 Å². The Bertz CT molecular complexity index is 494. The van der Waals surface area contributed by atoms with Crippen molar-refractivity contribution in [3.63, 3.8) is 0 Å². The lowest BCUT2D eigenvalue weighted by Crippen LogP contribution is -2.19. The summed E-state index contributed by atoms with van der Waals surface area (Å²) in [6, 6.07) is 2.14. The molecule has 1 saturated carbocycles. The molecule has 4 heteroatoms. The lowest BCUT2D eigenvalue weighted by Gasteiger charge is -2.25. The van der Waals surface area contributed by atoms with E-state index >= 15 is 0 Å². The highest BCUT2D eigenvalue weighted by Gasteiger charge is 2.19. The Morgan fingerprint density at radius 1 is 1.37 bits per heavy atom. The number of fused-ring (bicyclic) bond motifs is 1. The third-order valence-electron chi connectivity index (χ3n) is 4.39. The fourth-order valence-corrected chi connectivity index (χ4v) is 3.13. The van der Waals surface area contributed by atoms with E-state index < -0.39 is 0 Å². The van der Waals surface area contributed by atoms with Gasteiger partial charge in [0.25, 0.3) is 0 Å². The first-order valence-electron chi connectivity index (χ1n) is 7.30. The quantitative estimate of drug-likeness (QED) is 0.811. The van der Waals surface area contributed by atoms with Crippen LogP contribution in [0.25, 0.3) is 0 Å². The molecule has 0 bridgehead atoms. The lowest BCUT2D eigenvalue weighted by molar-refractivity contribution is 0.303. The predicted octanol–water partition coefficient (Wildman–Crippen LogP) is 2.81. The van der Waals surface area contributed by atoms with Crippen LogP contribution in [0.2, 0.25) is 0 Å². The van der Waals surface area contributed by atoms with Crippen molar-refractivity contribution in [1.82, 2.24) is 4.98 Å². The summed E-state index contributed by atoms with van der Waals surface area (Å²) < 4.78 is 0. The molecule has 19 heavy (non-hydrogen) atoms. The van der Waals surface area contributed by atoms with Gasteiger partial charge in [-0.2, -0.15) is 0 Å². The smallest absolute Gasteiger partial charge is 0.136 e. The number of aromatic nitrogens is 1. The number of rotatable bonds is 5. The first kappa shape index (κ1) is 12.9. The zero-order valence-electron chi connectivity index (χ0n) is 11.2. The van der Waals surface area contributed by atoms with Crippen LogP contribution in [0.4, 0.5) is 5.82 Å². The van der Waals surface area contributed by atoms with Crippen molar-refractivity contribution in [1.29, 1.82) is 0 Å². The number of pyridine rings is 1. The van der Waals surface area contributed by atoms with Crippen molar-refractivity contribution in [3.8, 4) is 0 Å². The van der Waals surface area contributed by atoms with Gasteiger partial charge in [0.15, 0.2) is 0 Å². The molecule has 0 amide bonds. The highest BCUT2D eigenvalue weighted by atomic mass is 32.1. The van der Waals surface area contributed by atoms with Gasteiger partial charge in [-0.25, -0.2) is 4.98 Å². The van der Waals surface area contributed by atoms with Gasteiger partial charge in [-0.15, -0.1) is 0 Å². The summed E-state index contributed by atoms with van der Waals surface area (Å²) in [7, 11) is 0. The Kier molecular flexibility index (Phi) is 3.69. The van der Waals surface area contributed by atoms with Crippen molar-refractivity contribution >= 4 is 23.0 Å². The molecule has 3 N–H and O–H groups in total. The maximum Gasteiger partial charge on any atom is 0.136 e. The molecule has 2 aliphatic rings. The molecule has 1 fully saturated rings. The van der Waals surface area contributed by atoms with E-state index in [0.29, 0.717) is 4.99 Å². The largest absolute Gasteiger partial charge is 0.389 e. The second-order valence-corrected chi connectivity index (χ2v) is 6.16. The summed E-state index contributed by atoms with van der Waals surface area (Å²) in [5.74, 6) is 1.81. The summed E-state index contributed by atoms with van der Waals surface area (Å²) in [5, 5.41) is 3.44. The average molecular weight is 275 g/mol. The van der Waals surface area contributed by atoms with Gasteiger partial charge in [0.05, 0.1) is 5.56 Å². The normalized spacial score (nSPS) is 17.9. The van der Waals surface area contributed by atoms with Crippen LogP contribution in [0.3, 0.4) is 0 Å². The van der Waals surface area contributed by atoms with E-state index in [1.54, 1.807) is 0 Å². The minimum Gasteiger partial charge on any atom is -0.389 e. The fourth-order valence-electron chi connectivity index (χ4n) is 2.97. The Labute approximate surface area is 120 Å². The molecule has 3 rings (SSSR count). The van der Waals surface area contributed by atoms with Crippen molar-refractivity contribution < 1.29 is 0 Å². The van der Waals surface area contributed by atoms with E-state index in [9.17, 15) is 0 Å². The number of aryl methyl sites for hydroxylation is 2. The van der Waals surface area contributed by atoms with Gasteiger partial charge < -0.3 is 11.1 Å². The van der Waals surface area contributed by atoms with Gasteiger partial charge in [-0.3, -0.25) is 0 Å². The first-order chi connectivity index (χ1) is 9.24. The van der Waals surface area contributed by atoms with E-state index in [0.717, 1.165) is 36.7 Å². The molecule has 0 aromatic carbocycles. The first-order valence-corrected chi connectivity index (χ1v) is 7.71. The van der Waals surface area contributed by atoms with E-state index in [1.807, 2.05) is 0 Å². The average Bonchev–Trinajstić information content (AvgIpc) is 2.78. The van der Waals surface area contributed by atoms with E-state index in [-0.39, 0.29) is 0 Å². The third kappa shape index (κ3) is 2.73. The topological polar surface area (TPSA) is 50.9 Å². The minimum atomic E-state index is 0.452. The van der Waals surface area contributed by atoms with Gasteiger partial charge in [0.1, 0.15) is 10.8 Å². The number of thiocarbonyl (C=S) groups is 1. The molecule has 1 heterocycles. The molecule has 0 saturated heterocycles. The number of nitrogens with zero attached hydrogens (tertiary/aromatic N) is 1. The summed E-state index contributed by atoms with van der Waals surface area (Å²) in [6.45, 7) is 0.978. The molecule has 1 aromatic heterocycles. The van der Waals surface area contributed by atoms with Gasteiger partial charge >= 0.3 is 0 Å². The van der Waals surface area contributed by atoms with Crippen LogP contribution in [0.5, 0.6) is 0 Å². The van der Waals surface area contributed by atoms with Gasteiger partial charge in [0.2, 0.25) is 0 Å². The van der Waals surface area contributed by atoms with E-state index in [4.69, 9.17) is 22.9 Å². The molecule has 0 atom stereocenters. The predicted molar refractivity (Wildman–Crippen MR) is 82.6 cm³/mol. The second-order valence-electron chi connectivity index (χ2n) is 5.72. The Morgan fingerprint density at radius 3 is 2.89 bits per heavy atom. The summed E-state index contributed by atoms with van der Waals surface area (Å²) in [6.07, 6.45) is 8.81. The number of nitrogens with one attached hydrogen (secondary N) is 1. The van der Waals surface area contributed by atoms with E-state index in [1.165, 1.54) is 43.4 Å². The van der Waals surface area contributed by atoms with Crippen LogP contribution in [0, 0.1) is 5.92 Å². The molecular formula is C15H21N3S. The van der Waals surface area contributed by atoms with Crippen molar-refractivity contribution in [2.75, 3.05) is 11.9 Å². The van der Waals surface area contributed by atoms with Crippen LogP contribution >= 0.6 is 12.2 Å². The number of nitrogens with two attached hydrogens (primary N) is 1. The van der Waals surface area contributed by atoms with Crippen LogP contribution < -0.4 is 11.1 Å². The summed E-state index contributed by atoms with van der Waals surface area (Å²) in [4.78, 5) is 5.19. The van der Waals surface area contributed by atoms with Crippen LogP contribution in [0.1, 0.15) is 48.9 Å².